The van der Waals surface area contributed by atoms with E-state index in [0.717, 1.165) is 22.6 Å². The Bertz CT molecular complexity index is 1860. The van der Waals surface area contributed by atoms with Crippen molar-refractivity contribution >= 4 is 50.8 Å². The molecule has 0 aliphatic carbocycles. The molecular weight excluding hydrogens is 494 g/mol. The number of nitrogens with zero attached hydrogens (tertiary/aromatic N) is 1. The molecule has 41 heavy (non-hydrogen) atoms. The lowest BCUT2D eigenvalue weighted by Gasteiger charge is -2.25. The van der Waals surface area contributed by atoms with E-state index in [0.29, 0.717) is 0 Å². The van der Waals surface area contributed by atoms with Crippen LogP contribution in [0, 0.1) is 0 Å². The predicted molar refractivity (Wildman–Crippen MR) is 177 cm³/mol. The van der Waals surface area contributed by atoms with Gasteiger partial charge < -0.3 is 4.90 Å². The number of anilines is 3. The van der Waals surface area contributed by atoms with Gasteiger partial charge in [0.05, 0.1) is 0 Å². The maximum Gasteiger partial charge on any atom is 0.0462 e. The normalized spacial score (nSPS) is 11.3. The van der Waals surface area contributed by atoms with E-state index in [4.69, 9.17) is 0 Å². The summed E-state index contributed by atoms with van der Waals surface area (Å²) in [4.78, 5) is 2.29. The Morgan fingerprint density at radius 2 is 0.756 bits per heavy atom. The quantitative estimate of drug-likeness (QED) is 0.155. The lowest BCUT2D eigenvalue weighted by molar-refractivity contribution is 1.28. The van der Waals surface area contributed by atoms with Gasteiger partial charge >= 0.3 is 0 Å². The fourth-order valence-electron chi connectivity index (χ4n) is 5.77. The van der Waals surface area contributed by atoms with Crippen LogP contribution in [0.1, 0.15) is 11.1 Å². The summed E-state index contributed by atoms with van der Waals surface area (Å²) >= 11 is 0. The zero-order chi connectivity index (χ0) is 27.4. The first-order valence-corrected chi connectivity index (χ1v) is 14.0. The van der Waals surface area contributed by atoms with Crippen LogP contribution in [-0.2, 0) is 0 Å². The number of hydrogen-bond donors (Lipinski definition) is 0. The van der Waals surface area contributed by atoms with Gasteiger partial charge in [0.1, 0.15) is 0 Å². The average molecular weight is 524 g/mol. The third-order valence-electron chi connectivity index (χ3n) is 7.66. The van der Waals surface area contributed by atoms with Crippen molar-refractivity contribution in [1.29, 1.82) is 0 Å². The molecule has 0 aliphatic heterocycles. The minimum absolute atomic E-state index is 1.13. The van der Waals surface area contributed by atoms with Gasteiger partial charge in [0, 0.05) is 17.1 Å². The Morgan fingerprint density at radius 1 is 0.341 bits per heavy atom. The van der Waals surface area contributed by atoms with E-state index in [1.807, 2.05) is 0 Å². The van der Waals surface area contributed by atoms with E-state index in [2.05, 4.69) is 181 Å². The third-order valence-corrected chi connectivity index (χ3v) is 7.66. The highest BCUT2D eigenvalue weighted by molar-refractivity contribution is 6.18. The van der Waals surface area contributed by atoms with Crippen molar-refractivity contribution < 1.29 is 0 Å². The Labute approximate surface area is 241 Å². The summed E-state index contributed by atoms with van der Waals surface area (Å²) in [6.07, 6.45) is 4.51. The van der Waals surface area contributed by atoms with Crippen LogP contribution in [0.5, 0.6) is 0 Å². The second-order valence-electron chi connectivity index (χ2n) is 10.2. The number of para-hydroxylation sites is 2. The number of hydrogen-bond acceptors (Lipinski definition) is 1. The van der Waals surface area contributed by atoms with Gasteiger partial charge in [-0.1, -0.05) is 140 Å². The van der Waals surface area contributed by atoms with Crippen LogP contribution < -0.4 is 4.90 Å². The molecule has 0 radical (unpaired) electrons. The molecule has 0 spiro atoms. The smallest absolute Gasteiger partial charge is 0.0462 e. The highest BCUT2D eigenvalue weighted by Crippen LogP contribution is 2.40. The van der Waals surface area contributed by atoms with Gasteiger partial charge in [0.25, 0.3) is 0 Å². The van der Waals surface area contributed by atoms with Gasteiger partial charge in [-0.25, -0.2) is 0 Å². The molecule has 0 N–H and O–H groups in total. The molecule has 0 unspecified atom stereocenters. The molecule has 0 amide bonds. The minimum Gasteiger partial charge on any atom is -0.311 e. The third kappa shape index (κ3) is 4.79. The predicted octanol–water partition coefficient (Wildman–Crippen LogP) is 11.3. The summed E-state index contributed by atoms with van der Waals surface area (Å²) in [6.45, 7) is 0. The van der Waals surface area contributed by atoms with Crippen molar-refractivity contribution in [2.24, 2.45) is 0 Å². The minimum atomic E-state index is 1.13. The van der Waals surface area contributed by atoms with E-state index in [9.17, 15) is 0 Å². The number of fused-ring (bicyclic) bond motifs is 2. The molecular formula is C40H29N. The second kappa shape index (κ2) is 11.0. The molecule has 0 saturated carbocycles. The molecule has 1 heteroatoms. The van der Waals surface area contributed by atoms with E-state index in [1.54, 1.807) is 0 Å². The maximum atomic E-state index is 2.29. The molecule has 0 bridgehead atoms. The zero-order valence-electron chi connectivity index (χ0n) is 22.7. The fraction of sp³-hybridized carbons (Fsp3) is 0. The maximum absolute atomic E-state index is 2.29. The van der Waals surface area contributed by atoms with E-state index >= 15 is 0 Å². The topological polar surface area (TPSA) is 3.24 Å². The molecule has 194 valence electrons. The van der Waals surface area contributed by atoms with Crippen LogP contribution in [0.2, 0.25) is 0 Å². The first-order chi connectivity index (χ1) is 20.4. The van der Waals surface area contributed by atoms with Crippen LogP contribution in [0.4, 0.5) is 17.1 Å². The largest absolute Gasteiger partial charge is 0.311 e. The molecule has 0 aliphatic rings. The lowest BCUT2D eigenvalue weighted by Crippen LogP contribution is -2.09. The fourth-order valence-corrected chi connectivity index (χ4v) is 5.77. The van der Waals surface area contributed by atoms with Crippen LogP contribution in [0.15, 0.2) is 164 Å². The molecule has 1 nitrogen and oxygen atoms in total. The SMILES string of the molecule is C(=Cc1c2ccccc2c(-c2ccccc2)c2ccccc12)c1ccc(N(c2ccccc2)c2ccccc2)cc1. The summed E-state index contributed by atoms with van der Waals surface area (Å²) in [6, 6.07) is 58.1. The Balaban J connectivity index is 1.31. The van der Waals surface area contributed by atoms with Crippen molar-refractivity contribution in [3.05, 3.63) is 175 Å². The van der Waals surface area contributed by atoms with Crippen molar-refractivity contribution in [1.82, 2.24) is 0 Å². The number of rotatable bonds is 6. The molecule has 7 aromatic rings. The summed E-state index contributed by atoms with van der Waals surface area (Å²) in [5.74, 6) is 0. The van der Waals surface area contributed by atoms with Crippen LogP contribution in [0.25, 0.3) is 44.8 Å². The Hall–Kier alpha value is -5.40. The van der Waals surface area contributed by atoms with Crippen LogP contribution in [0.3, 0.4) is 0 Å². The lowest BCUT2D eigenvalue weighted by atomic mass is 9.88. The van der Waals surface area contributed by atoms with Gasteiger partial charge in [-0.15, -0.1) is 0 Å². The first kappa shape index (κ1) is 24.6. The molecule has 0 aromatic heterocycles. The average Bonchev–Trinajstić information content (AvgIpc) is 3.05. The monoisotopic (exact) mass is 523 g/mol. The van der Waals surface area contributed by atoms with Gasteiger partial charge in [0.15, 0.2) is 0 Å². The van der Waals surface area contributed by atoms with Crippen LogP contribution in [-0.4, -0.2) is 0 Å². The van der Waals surface area contributed by atoms with Crippen molar-refractivity contribution in [3.8, 4) is 11.1 Å². The molecule has 7 aromatic carbocycles. The molecule has 0 atom stereocenters. The van der Waals surface area contributed by atoms with Crippen molar-refractivity contribution in [3.63, 3.8) is 0 Å². The summed E-state index contributed by atoms with van der Waals surface area (Å²) in [7, 11) is 0. The second-order valence-corrected chi connectivity index (χ2v) is 10.2. The first-order valence-electron chi connectivity index (χ1n) is 14.0. The van der Waals surface area contributed by atoms with Gasteiger partial charge in [-0.05, 0) is 80.2 Å². The highest BCUT2D eigenvalue weighted by Gasteiger charge is 2.14. The summed E-state index contributed by atoms with van der Waals surface area (Å²) in [5, 5.41) is 5.07. The Morgan fingerprint density at radius 3 is 1.27 bits per heavy atom. The van der Waals surface area contributed by atoms with Gasteiger partial charge in [-0.2, -0.15) is 0 Å². The molecule has 0 saturated heterocycles. The summed E-state index contributed by atoms with van der Waals surface area (Å²) in [5.41, 5.74) is 8.34. The molecule has 7 rings (SSSR count). The Kier molecular flexibility index (Phi) is 6.61. The van der Waals surface area contributed by atoms with Crippen molar-refractivity contribution in [2.45, 2.75) is 0 Å². The zero-order valence-corrected chi connectivity index (χ0v) is 22.7. The standard InChI is InChI=1S/C40H29N/c1-4-14-31(15-5-1)40-38-22-12-10-20-35(38)37(36-21-11-13-23-39(36)40)29-26-30-24-27-34(28-25-30)41(32-16-6-2-7-17-32)33-18-8-3-9-19-33/h1-29H. The molecule has 0 fully saturated rings. The van der Waals surface area contributed by atoms with Gasteiger partial charge in [0.2, 0.25) is 0 Å². The van der Waals surface area contributed by atoms with Crippen LogP contribution >= 0.6 is 0 Å². The summed E-state index contributed by atoms with van der Waals surface area (Å²) < 4.78 is 0. The van der Waals surface area contributed by atoms with Crippen molar-refractivity contribution in [2.75, 3.05) is 4.90 Å². The van der Waals surface area contributed by atoms with E-state index < -0.39 is 0 Å². The molecule has 0 heterocycles. The van der Waals surface area contributed by atoms with Gasteiger partial charge in [-0.3, -0.25) is 0 Å². The van der Waals surface area contributed by atoms with E-state index in [1.165, 1.54) is 38.2 Å². The number of benzene rings is 7. The van der Waals surface area contributed by atoms with E-state index in [-0.39, 0.29) is 0 Å². The highest BCUT2D eigenvalue weighted by atomic mass is 15.1.